The first-order valence-electron chi connectivity index (χ1n) is 10.9. The van der Waals surface area contributed by atoms with Gasteiger partial charge >= 0.3 is 6.36 Å². The van der Waals surface area contributed by atoms with Gasteiger partial charge < -0.3 is 19.3 Å². The van der Waals surface area contributed by atoms with Crippen molar-refractivity contribution in [2.45, 2.75) is 31.5 Å². The minimum atomic E-state index is -4.79. The molecule has 3 aromatic rings. The fourth-order valence-electron chi connectivity index (χ4n) is 4.38. The average Bonchev–Trinajstić information content (AvgIpc) is 3.27. The highest BCUT2D eigenvalue weighted by molar-refractivity contribution is 6.03. The van der Waals surface area contributed by atoms with Gasteiger partial charge in [0, 0.05) is 12.6 Å². The van der Waals surface area contributed by atoms with Crippen LogP contribution in [0.4, 0.5) is 18.9 Å². The lowest BCUT2D eigenvalue weighted by Crippen LogP contribution is -2.48. The number of pyridine rings is 1. The maximum absolute atomic E-state index is 13.8. The Morgan fingerprint density at radius 2 is 1.80 bits per heavy atom. The number of fused-ring (bicyclic) bond motifs is 3. The minimum Gasteiger partial charge on any atom is -0.486 e. The molecule has 0 saturated carbocycles. The molecule has 2 aliphatic heterocycles. The highest BCUT2D eigenvalue weighted by Gasteiger charge is 2.45. The highest BCUT2D eigenvalue weighted by Crippen LogP contribution is 2.37. The van der Waals surface area contributed by atoms with Gasteiger partial charge in [0.2, 0.25) is 5.91 Å². The molecule has 2 aromatic carbocycles. The SMILES string of the molecule is O=C1[C@@H]2C[C@@H](CN2C(=O)c2ccccn2)Oc2ccccc2N1Cc1ccc(OC(F)(F)F)cc1. The van der Waals surface area contributed by atoms with E-state index in [4.69, 9.17) is 4.74 Å². The summed E-state index contributed by atoms with van der Waals surface area (Å²) < 4.78 is 47.6. The van der Waals surface area contributed by atoms with E-state index in [0.717, 1.165) is 0 Å². The quantitative estimate of drug-likeness (QED) is 0.557. The number of para-hydroxylation sites is 2. The standard InChI is InChI=1S/C25H20F3N3O4/c26-25(27,28)35-17-10-8-16(9-11-17)14-30-20-6-1-2-7-22(20)34-18-13-21(24(30)33)31(15-18)23(32)19-5-3-4-12-29-19/h1-12,18,21H,13-15H2/t18-,21-/m0/s1. The summed E-state index contributed by atoms with van der Waals surface area (Å²) >= 11 is 0. The van der Waals surface area contributed by atoms with Crippen molar-refractivity contribution >= 4 is 17.5 Å². The first-order chi connectivity index (χ1) is 16.8. The molecule has 0 aliphatic carbocycles. The molecule has 2 atom stereocenters. The molecule has 2 aliphatic rings. The van der Waals surface area contributed by atoms with Crippen LogP contribution in [-0.4, -0.2) is 46.8 Å². The molecule has 180 valence electrons. The summed E-state index contributed by atoms with van der Waals surface area (Å²) in [6.45, 7) is 0.301. The zero-order chi connectivity index (χ0) is 24.6. The van der Waals surface area contributed by atoms with Crippen LogP contribution in [0.3, 0.4) is 0 Å². The van der Waals surface area contributed by atoms with Gasteiger partial charge in [-0.2, -0.15) is 0 Å². The summed E-state index contributed by atoms with van der Waals surface area (Å²) in [6.07, 6.45) is -3.32. The Kier molecular flexibility index (Phi) is 5.80. The monoisotopic (exact) mass is 483 g/mol. The maximum Gasteiger partial charge on any atom is 0.573 e. The summed E-state index contributed by atoms with van der Waals surface area (Å²) in [5.74, 6) is -0.527. The fraction of sp³-hybridized carbons (Fsp3) is 0.240. The van der Waals surface area contributed by atoms with Crippen molar-refractivity contribution in [2.24, 2.45) is 0 Å². The maximum atomic E-state index is 13.8. The van der Waals surface area contributed by atoms with Crippen LogP contribution in [0.2, 0.25) is 0 Å². The van der Waals surface area contributed by atoms with E-state index in [-0.39, 0.29) is 42.5 Å². The molecule has 1 saturated heterocycles. The zero-order valence-electron chi connectivity index (χ0n) is 18.3. The van der Waals surface area contributed by atoms with E-state index in [1.54, 1.807) is 42.5 Å². The van der Waals surface area contributed by atoms with Crippen LogP contribution in [0.25, 0.3) is 0 Å². The van der Waals surface area contributed by atoms with Gasteiger partial charge in [-0.1, -0.05) is 30.3 Å². The number of rotatable bonds is 4. The van der Waals surface area contributed by atoms with Crippen LogP contribution in [0, 0.1) is 0 Å². The minimum absolute atomic E-state index is 0.0677. The third-order valence-electron chi connectivity index (χ3n) is 5.91. The fourth-order valence-corrected chi connectivity index (χ4v) is 4.38. The van der Waals surface area contributed by atoms with Crippen molar-refractivity contribution in [3.05, 3.63) is 84.2 Å². The summed E-state index contributed by atoms with van der Waals surface area (Å²) in [4.78, 5) is 34.1. The second-order valence-electron chi connectivity index (χ2n) is 8.25. The van der Waals surface area contributed by atoms with Crippen LogP contribution < -0.4 is 14.4 Å². The van der Waals surface area contributed by atoms with Gasteiger partial charge in [0.25, 0.3) is 5.91 Å². The number of alkyl halides is 3. The average molecular weight is 483 g/mol. The molecule has 2 bridgehead atoms. The number of halogens is 3. The topological polar surface area (TPSA) is 72.0 Å². The number of nitrogens with zero attached hydrogens (tertiary/aromatic N) is 3. The molecule has 7 nitrogen and oxygen atoms in total. The molecule has 5 rings (SSSR count). The Labute approximate surface area is 198 Å². The Bertz CT molecular complexity index is 1230. The lowest BCUT2D eigenvalue weighted by molar-refractivity contribution is -0.274. The van der Waals surface area contributed by atoms with E-state index in [2.05, 4.69) is 9.72 Å². The van der Waals surface area contributed by atoms with Gasteiger partial charge in [0.1, 0.15) is 29.3 Å². The van der Waals surface area contributed by atoms with E-state index in [1.165, 1.54) is 40.3 Å². The molecule has 1 fully saturated rings. The van der Waals surface area contributed by atoms with Crippen LogP contribution in [-0.2, 0) is 11.3 Å². The number of carbonyl (C=O) groups excluding carboxylic acids is 2. The number of ether oxygens (including phenoxy) is 2. The number of anilines is 1. The lowest BCUT2D eigenvalue weighted by Gasteiger charge is -2.31. The number of amides is 2. The normalized spacial score (nSPS) is 19.5. The van der Waals surface area contributed by atoms with E-state index >= 15 is 0 Å². The van der Waals surface area contributed by atoms with Crippen molar-refractivity contribution < 1.29 is 32.2 Å². The molecule has 0 N–H and O–H groups in total. The van der Waals surface area contributed by atoms with E-state index in [0.29, 0.717) is 23.4 Å². The molecule has 1 aromatic heterocycles. The van der Waals surface area contributed by atoms with Crippen LogP contribution >= 0.6 is 0 Å². The predicted octanol–water partition coefficient (Wildman–Crippen LogP) is 4.19. The molecular formula is C25H20F3N3O4. The van der Waals surface area contributed by atoms with Gasteiger partial charge in [0.15, 0.2) is 0 Å². The summed E-state index contributed by atoms with van der Waals surface area (Å²) in [5.41, 5.74) is 1.34. The van der Waals surface area contributed by atoms with Gasteiger partial charge in [-0.15, -0.1) is 13.2 Å². The van der Waals surface area contributed by atoms with Gasteiger partial charge in [-0.25, -0.2) is 0 Å². The number of likely N-dealkylation sites (tertiary alicyclic amines) is 1. The smallest absolute Gasteiger partial charge is 0.486 e. The summed E-state index contributed by atoms with van der Waals surface area (Å²) in [5, 5.41) is 0. The second kappa shape index (κ2) is 8.94. The molecule has 10 heteroatoms. The zero-order valence-corrected chi connectivity index (χ0v) is 18.3. The molecule has 2 amide bonds. The Balaban J connectivity index is 1.46. The molecular weight excluding hydrogens is 463 g/mol. The highest BCUT2D eigenvalue weighted by atomic mass is 19.4. The molecule has 0 unspecified atom stereocenters. The van der Waals surface area contributed by atoms with Crippen LogP contribution in [0.15, 0.2) is 72.9 Å². The largest absolute Gasteiger partial charge is 0.573 e. The number of hydrogen-bond acceptors (Lipinski definition) is 5. The number of hydrogen-bond donors (Lipinski definition) is 0. The van der Waals surface area contributed by atoms with Gasteiger partial charge in [0.05, 0.1) is 18.8 Å². The third-order valence-corrected chi connectivity index (χ3v) is 5.91. The first kappa shape index (κ1) is 22.7. The van der Waals surface area contributed by atoms with Gasteiger partial charge in [-0.05, 0) is 42.0 Å². The Hall–Kier alpha value is -4.08. The number of carbonyl (C=O) groups is 2. The Morgan fingerprint density at radius 3 is 2.51 bits per heavy atom. The van der Waals surface area contributed by atoms with E-state index in [9.17, 15) is 22.8 Å². The third kappa shape index (κ3) is 4.77. The van der Waals surface area contributed by atoms with Crippen molar-refractivity contribution in [1.29, 1.82) is 0 Å². The molecule has 35 heavy (non-hydrogen) atoms. The summed E-state index contributed by atoms with van der Waals surface area (Å²) in [6, 6.07) is 16.6. The predicted molar refractivity (Wildman–Crippen MR) is 119 cm³/mol. The van der Waals surface area contributed by atoms with Gasteiger partial charge in [-0.3, -0.25) is 14.6 Å². The van der Waals surface area contributed by atoms with E-state index in [1.807, 2.05) is 0 Å². The second-order valence-corrected chi connectivity index (χ2v) is 8.25. The molecule has 0 radical (unpaired) electrons. The first-order valence-corrected chi connectivity index (χ1v) is 10.9. The number of aromatic nitrogens is 1. The van der Waals surface area contributed by atoms with Crippen molar-refractivity contribution in [2.75, 3.05) is 11.4 Å². The molecule has 3 heterocycles. The lowest BCUT2D eigenvalue weighted by atomic mass is 10.1. The Morgan fingerprint density at radius 1 is 1.06 bits per heavy atom. The van der Waals surface area contributed by atoms with E-state index < -0.39 is 12.4 Å². The molecule has 0 spiro atoms. The van der Waals surface area contributed by atoms with Crippen molar-refractivity contribution in [3.63, 3.8) is 0 Å². The van der Waals surface area contributed by atoms with Crippen molar-refractivity contribution in [3.8, 4) is 11.5 Å². The van der Waals surface area contributed by atoms with Crippen LogP contribution in [0.5, 0.6) is 11.5 Å². The van der Waals surface area contributed by atoms with Crippen molar-refractivity contribution in [1.82, 2.24) is 9.88 Å². The van der Waals surface area contributed by atoms with Crippen LogP contribution in [0.1, 0.15) is 22.5 Å². The number of benzene rings is 2. The summed E-state index contributed by atoms with van der Waals surface area (Å²) in [7, 11) is 0.